The van der Waals surface area contributed by atoms with Crippen LogP contribution in [0.2, 0.25) is 0 Å². The third-order valence-corrected chi connectivity index (χ3v) is 3.52. The van der Waals surface area contributed by atoms with Crippen molar-refractivity contribution in [1.29, 1.82) is 0 Å². The van der Waals surface area contributed by atoms with Crippen LogP contribution < -0.4 is 4.90 Å². The maximum absolute atomic E-state index is 12.5. The zero-order valence-electron chi connectivity index (χ0n) is 13.2. The molecule has 116 valence electrons. The van der Waals surface area contributed by atoms with E-state index in [1.807, 2.05) is 32.9 Å². The lowest BCUT2D eigenvalue weighted by atomic mass is 9.96. The number of aryl methyl sites for hydroxylation is 2. The second kappa shape index (κ2) is 6.48. The molecule has 1 aromatic rings. The molecule has 0 bridgehead atoms. The maximum atomic E-state index is 12.5. The Bertz CT molecular complexity index is 505. The molecule has 0 saturated carbocycles. The van der Waals surface area contributed by atoms with Crippen LogP contribution in [0.25, 0.3) is 0 Å². The molecule has 0 radical (unpaired) electrons. The van der Waals surface area contributed by atoms with Gasteiger partial charge < -0.3 is 9.84 Å². The zero-order valence-corrected chi connectivity index (χ0v) is 13.2. The molecular formula is C17H25NO3. The molecular weight excluding hydrogens is 266 g/mol. The number of aliphatic hydroxyl groups excluding tert-OH is 1. The third-order valence-electron chi connectivity index (χ3n) is 3.52. The molecule has 2 rings (SSSR count). The second-order valence-electron chi connectivity index (χ2n) is 6.49. The van der Waals surface area contributed by atoms with E-state index in [2.05, 4.69) is 6.07 Å². The van der Waals surface area contributed by atoms with E-state index in [1.165, 1.54) is 5.56 Å². The molecule has 0 aliphatic carbocycles. The molecule has 4 nitrogen and oxygen atoms in total. The quantitative estimate of drug-likeness (QED) is 0.929. The number of rotatable bonds is 3. The number of hydrogen-bond acceptors (Lipinski definition) is 3. The molecule has 0 fully saturated rings. The topological polar surface area (TPSA) is 49.8 Å². The average Bonchev–Trinajstić information content (AvgIpc) is 2.42. The van der Waals surface area contributed by atoms with Crippen LogP contribution in [-0.2, 0) is 17.6 Å². The lowest BCUT2D eigenvalue weighted by Crippen LogP contribution is -2.40. The van der Waals surface area contributed by atoms with Gasteiger partial charge in [-0.1, -0.05) is 18.2 Å². The Kier molecular flexibility index (Phi) is 4.88. The summed E-state index contributed by atoms with van der Waals surface area (Å²) in [5.74, 6) is 0. The molecule has 0 atom stereocenters. The molecule has 4 heteroatoms. The van der Waals surface area contributed by atoms with E-state index in [1.54, 1.807) is 4.90 Å². The third kappa shape index (κ3) is 3.97. The minimum atomic E-state index is -0.491. The van der Waals surface area contributed by atoms with Crippen LogP contribution in [-0.4, -0.2) is 30.0 Å². The largest absolute Gasteiger partial charge is 0.443 e. The van der Waals surface area contributed by atoms with Crippen LogP contribution in [0, 0.1) is 0 Å². The highest BCUT2D eigenvalue weighted by atomic mass is 16.6. The van der Waals surface area contributed by atoms with E-state index in [-0.39, 0.29) is 12.7 Å². The second-order valence-corrected chi connectivity index (χ2v) is 6.49. The van der Waals surface area contributed by atoms with Gasteiger partial charge in [-0.05, 0) is 57.6 Å². The summed E-state index contributed by atoms with van der Waals surface area (Å²) in [6, 6.07) is 6.15. The summed E-state index contributed by atoms with van der Waals surface area (Å²) in [7, 11) is 0. The number of carbonyl (C=O) groups excluding carboxylic acids is 1. The minimum Gasteiger partial charge on any atom is -0.443 e. The first-order chi connectivity index (χ1) is 9.92. The van der Waals surface area contributed by atoms with Gasteiger partial charge in [0, 0.05) is 13.2 Å². The summed E-state index contributed by atoms with van der Waals surface area (Å²) in [6.45, 7) is 6.50. The van der Waals surface area contributed by atoms with Gasteiger partial charge in [0.2, 0.25) is 0 Å². The van der Waals surface area contributed by atoms with Crippen molar-refractivity contribution in [3.05, 3.63) is 29.3 Å². The van der Waals surface area contributed by atoms with Crippen molar-refractivity contribution >= 4 is 11.8 Å². The van der Waals surface area contributed by atoms with E-state index in [0.29, 0.717) is 13.0 Å². The van der Waals surface area contributed by atoms with Crippen molar-refractivity contribution in [2.24, 2.45) is 0 Å². The normalized spacial score (nSPS) is 14.8. The average molecular weight is 291 g/mol. The van der Waals surface area contributed by atoms with E-state index in [4.69, 9.17) is 9.84 Å². The molecule has 1 heterocycles. The number of carbonyl (C=O) groups is 1. The van der Waals surface area contributed by atoms with Crippen molar-refractivity contribution < 1.29 is 14.6 Å². The Morgan fingerprint density at radius 3 is 2.81 bits per heavy atom. The summed E-state index contributed by atoms with van der Waals surface area (Å²) in [4.78, 5) is 14.2. The summed E-state index contributed by atoms with van der Waals surface area (Å²) >= 11 is 0. The van der Waals surface area contributed by atoms with Crippen molar-refractivity contribution in [2.75, 3.05) is 18.1 Å². The van der Waals surface area contributed by atoms with E-state index >= 15 is 0 Å². The van der Waals surface area contributed by atoms with E-state index in [0.717, 1.165) is 30.5 Å². The fourth-order valence-corrected chi connectivity index (χ4v) is 2.70. The number of anilines is 1. The summed E-state index contributed by atoms with van der Waals surface area (Å²) in [5.41, 5.74) is 2.82. The molecule has 1 aliphatic heterocycles. The Morgan fingerprint density at radius 1 is 1.38 bits per heavy atom. The van der Waals surface area contributed by atoms with Crippen molar-refractivity contribution in [3.63, 3.8) is 0 Å². The highest BCUT2D eigenvalue weighted by molar-refractivity contribution is 5.90. The van der Waals surface area contributed by atoms with Crippen LogP contribution in [0.5, 0.6) is 0 Å². The Hall–Kier alpha value is -1.55. The minimum absolute atomic E-state index is 0.163. The van der Waals surface area contributed by atoms with Gasteiger partial charge >= 0.3 is 6.09 Å². The highest BCUT2D eigenvalue weighted by Crippen LogP contribution is 2.32. The number of ether oxygens (including phenoxy) is 1. The Balaban J connectivity index is 2.30. The fourth-order valence-electron chi connectivity index (χ4n) is 2.70. The number of fused-ring (bicyclic) bond motifs is 1. The molecule has 0 unspecified atom stereocenters. The molecule has 0 spiro atoms. The van der Waals surface area contributed by atoms with Gasteiger partial charge in [0.05, 0.1) is 5.69 Å². The number of amides is 1. The summed E-state index contributed by atoms with van der Waals surface area (Å²) in [6.07, 6.45) is 3.15. The van der Waals surface area contributed by atoms with Crippen LogP contribution in [0.4, 0.5) is 10.5 Å². The molecule has 21 heavy (non-hydrogen) atoms. The van der Waals surface area contributed by atoms with Crippen LogP contribution in [0.15, 0.2) is 18.2 Å². The molecule has 0 saturated heterocycles. The fraction of sp³-hybridized carbons (Fsp3) is 0.588. The van der Waals surface area contributed by atoms with Crippen molar-refractivity contribution in [3.8, 4) is 0 Å². The van der Waals surface area contributed by atoms with Crippen LogP contribution in [0.1, 0.15) is 44.7 Å². The molecule has 0 aromatic heterocycles. The first kappa shape index (κ1) is 15.8. The Morgan fingerprint density at radius 2 is 2.14 bits per heavy atom. The number of aliphatic hydroxyl groups is 1. The number of nitrogens with zero attached hydrogens (tertiary/aromatic N) is 1. The van der Waals surface area contributed by atoms with Gasteiger partial charge in [-0.3, -0.25) is 4.90 Å². The van der Waals surface area contributed by atoms with Crippen LogP contribution >= 0.6 is 0 Å². The first-order valence-electron chi connectivity index (χ1n) is 7.64. The van der Waals surface area contributed by atoms with Crippen molar-refractivity contribution in [2.45, 2.75) is 52.1 Å². The SMILES string of the molecule is CC(C)(C)OC(=O)N1CCCc2cccc(CCCO)c21. The smallest absolute Gasteiger partial charge is 0.414 e. The molecule has 1 aromatic carbocycles. The van der Waals surface area contributed by atoms with Gasteiger partial charge in [-0.15, -0.1) is 0 Å². The first-order valence-corrected chi connectivity index (χ1v) is 7.64. The predicted octanol–water partition coefficient (Wildman–Crippen LogP) is 3.30. The van der Waals surface area contributed by atoms with Gasteiger partial charge in [-0.2, -0.15) is 0 Å². The van der Waals surface area contributed by atoms with Gasteiger partial charge in [0.25, 0.3) is 0 Å². The highest BCUT2D eigenvalue weighted by Gasteiger charge is 2.28. The maximum Gasteiger partial charge on any atom is 0.414 e. The molecule has 1 amide bonds. The Labute approximate surface area is 126 Å². The van der Waals surface area contributed by atoms with Gasteiger partial charge in [0.1, 0.15) is 5.60 Å². The summed E-state index contributed by atoms with van der Waals surface area (Å²) < 4.78 is 5.53. The van der Waals surface area contributed by atoms with Crippen LogP contribution in [0.3, 0.4) is 0 Å². The van der Waals surface area contributed by atoms with E-state index in [9.17, 15) is 4.79 Å². The van der Waals surface area contributed by atoms with Gasteiger partial charge in [-0.25, -0.2) is 4.79 Å². The lowest BCUT2D eigenvalue weighted by Gasteiger charge is -2.33. The van der Waals surface area contributed by atoms with Crippen molar-refractivity contribution in [1.82, 2.24) is 0 Å². The lowest BCUT2D eigenvalue weighted by molar-refractivity contribution is 0.0577. The van der Waals surface area contributed by atoms with Gasteiger partial charge in [0.15, 0.2) is 0 Å². The number of benzene rings is 1. The molecule has 1 N–H and O–H groups in total. The number of hydrogen-bond donors (Lipinski definition) is 1. The molecule has 1 aliphatic rings. The standard InChI is InChI=1S/C17H25NO3/c1-17(2,3)21-16(20)18-11-5-9-13-7-4-8-14(15(13)18)10-6-12-19/h4,7-8,19H,5-6,9-12H2,1-3H3. The monoisotopic (exact) mass is 291 g/mol. The predicted molar refractivity (Wildman–Crippen MR) is 83.7 cm³/mol. The summed E-state index contributed by atoms with van der Waals surface area (Å²) in [5, 5.41) is 9.05. The zero-order chi connectivity index (χ0) is 15.5. The van der Waals surface area contributed by atoms with E-state index < -0.39 is 5.60 Å². The number of para-hydroxylation sites is 1.